The molecule has 0 radical (unpaired) electrons. The fourth-order valence-electron chi connectivity index (χ4n) is 1.86. The molecule has 0 unspecified atom stereocenters. The Morgan fingerprint density at radius 2 is 2.00 bits per heavy atom. The second-order valence-electron chi connectivity index (χ2n) is 3.60. The maximum absolute atomic E-state index is 10.4. The van der Waals surface area contributed by atoms with E-state index in [1.807, 2.05) is 11.9 Å². The molecule has 3 heteroatoms. The summed E-state index contributed by atoms with van der Waals surface area (Å²) in [6.07, 6.45) is 6.17. The van der Waals surface area contributed by atoms with Gasteiger partial charge in [0.15, 0.2) is 0 Å². The SMILES string of the molecule is CN(CC(=O)O)C1CCCCC1. The van der Waals surface area contributed by atoms with Gasteiger partial charge in [-0.3, -0.25) is 9.69 Å². The molecule has 0 amide bonds. The Kier molecular flexibility index (Phi) is 3.53. The summed E-state index contributed by atoms with van der Waals surface area (Å²) < 4.78 is 0. The highest BCUT2D eigenvalue weighted by Crippen LogP contribution is 2.21. The molecular formula is C9H17NO2. The summed E-state index contributed by atoms with van der Waals surface area (Å²) in [4.78, 5) is 12.4. The van der Waals surface area contributed by atoms with Gasteiger partial charge in [0.1, 0.15) is 0 Å². The summed E-state index contributed by atoms with van der Waals surface area (Å²) >= 11 is 0. The van der Waals surface area contributed by atoms with Crippen molar-refractivity contribution in [2.24, 2.45) is 0 Å². The van der Waals surface area contributed by atoms with E-state index in [4.69, 9.17) is 5.11 Å². The van der Waals surface area contributed by atoms with Gasteiger partial charge >= 0.3 is 5.97 Å². The molecule has 3 nitrogen and oxygen atoms in total. The van der Waals surface area contributed by atoms with E-state index >= 15 is 0 Å². The van der Waals surface area contributed by atoms with Crippen molar-refractivity contribution in [2.75, 3.05) is 13.6 Å². The van der Waals surface area contributed by atoms with Gasteiger partial charge in [-0.05, 0) is 19.9 Å². The smallest absolute Gasteiger partial charge is 0.317 e. The third kappa shape index (κ3) is 2.81. The molecule has 1 rings (SSSR count). The average molecular weight is 171 g/mol. The van der Waals surface area contributed by atoms with Gasteiger partial charge in [0.2, 0.25) is 0 Å². The zero-order valence-electron chi connectivity index (χ0n) is 7.62. The monoisotopic (exact) mass is 171 g/mol. The molecule has 0 aromatic heterocycles. The van der Waals surface area contributed by atoms with E-state index in [2.05, 4.69) is 0 Å². The molecule has 0 atom stereocenters. The van der Waals surface area contributed by atoms with Gasteiger partial charge in [-0.15, -0.1) is 0 Å². The molecule has 1 aliphatic carbocycles. The van der Waals surface area contributed by atoms with Crippen LogP contribution >= 0.6 is 0 Å². The Labute approximate surface area is 73.4 Å². The predicted molar refractivity (Wildman–Crippen MR) is 47.1 cm³/mol. The minimum Gasteiger partial charge on any atom is -0.480 e. The van der Waals surface area contributed by atoms with Crippen LogP contribution in [0.2, 0.25) is 0 Å². The van der Waals surface area contributed by atoms with Crippen molar-refractivity contribution in [1.82, 2.24) is 4.90 Å². The van der Waals surface area contributed by atoms with Gasteiger partial charge in [-0.1, -0.05) is 19.3 Å². The van der Waals surface area contributed by atoms with Crippen molar-refractivity contribution in [3.05, 3.63) is 0 Å². The first kappa shape index (κ1) is 9.52. The van der Waals surface area contributed by atoms with Crippen molar-refractivity contribution in [2.45, 2.75) is 38.1 Å². The number of likely N-dealkylation sites (N-methyl/N-ethyl adjacent to an activating group) is 1. The van der Waals surface area contributed by atoms with Gasteiger partial charge in [0.05, 0.1) is 6.54 Å². The Morgan fingerprint density at radius 3 is 2.50 bits per heavy atom. The normalized spacial score (nSPS) is 19.8. The van der Waals surface area contributed by atoms with Crippen LogP contribution in [-0.2, 0) is 4.79 Å². The molecule has 1 N–H and O–H groups in total. The van der Waals surface area contributed by atoms with E-state index in [9.17, 15) is 4.79 Å². The van der Waals surface area contributed by atoms with Crippen molar-refractivity contribution in [3.63, 3.8) is 0 Å². The van der Waals surface area contributed by atoms with Gasteiger partial charge in [-0.2, -0.15) is 0 Å². The van der Waals surface area contributed by atoms with Crippen LogP contribution < -0.4 is 0 Å². The first-order valence-corrected chi connectivity index (χ1v) is 4.62. The molecule has 1 fully saturated rings. The van der Waals surface area contributed by atoms with E-state index in [-0.39, 0.29) is 6.54 Å². The largest absolute Gasteiger partial charge is 0.480 e. The van der Waals surface area contributed by atoms with E-state index in [0.29, 0.717) is 6.04 Å². The van der Waals surface area contributed by atoms with Crippen LogP contribution in [0.4, 0.5) is 0 Å². The van der Waals surface area contributed by atoms with Crippen LogP contribution in [0.15, 0.2) is 0 Å². The number of carboxylic acids is 1. The molecule has 0 aromatic carbocycles. The third-order valence-corrected chi connectivity index (χ3v) is 2.58. The number of hydrogen-bond donors (Lipinski definition) is 1. The number of rotatable bonds is 3. The average Bonchev–Trinajstić information content (AvgIpc) is 2.05. The lowest BCUT2D eigenvalue weighted by Crippen LogP contribution is -2.37. The lowest BCUT2D eigenvalue weighted by Gasteiger charge is -2.29. The van der Waals surface area contributed by atoms with Crippen LogP contribution in [0, 0.1) is 0 Å². The van der Waals surface area contributed by atoms with Crippen molar-refractivity contribution in [3.8, 4) is 0 Å². The minimum absolute atomic E-state index is 0.185. The van der Waals surface area contributed by atoms with Gasteiger partial charge < -0.3 is 5.11 Å². The lowest BCUT2D eigenvalue weighted by molar-refractivity contribution is -0.138. The lowest BCUT2D eigenvalue weighted by atomic mass is 9.94. The van der Waals surface area contributed by atoms with Crippen LogP contribution in [-0.4, -0.2) is 35.6 Å². The first-order valence-electron chi connectivity index (χ1n) is 4.62. The summed E-state index contributed by atoms with van der Waals surface area (Å²) in [6.45, 7) is 0.185. The molecule has 70 valence electrons. The summed E-state index contributed by atoms with van der Waals surface area (Å²) in [5.74, 6) is -0.719. The Bertz CT molecular complexity index is 153. The molecular weight excluding hydrogens is 154 g/mol. The molecule has 0 aromatic rings. The molecule has 0 saturated heterocycles. The fourth-order valence-corrected chi connectivity index (χ4v) is 1.86. The Morgan fingerprint density at radius 1 is 1.42 bits per heavy atom. The van der Waals surface area contributed by atoms with E-state index in [1.54, 1.807) is 0 Å². The highest BCUT2D eigenvalue weighted by Gasteiger charge is 2.18. The topological polar surface area (TPSA) is 40.5 Å². The zero-order valence-corrected chi connectivity index (χ0v) is 7.62. The maximum Gasteiger partial charge on any atom is 0.317 e. The predicted octanol–water partition coefficient (Wildman–Crippen LogP) is 1.34. The highest BCUT2D eigenvalue weighted by atomic mass is 16.4. The number of nitrogens with zero attached hydrogens (tertiary/aromatic N) is 1. The molecule has 0 bridgehead atoms. The second-order valence-corrected chi connectivity index (χ2v) is 3.60. The highest BCUT2D eigenvalue weighted by molar-refractivity contribution is 5.69. The number of hydrogen-bond acceptors (Lipinski definition) is 2. The Hall–Kier alpha value is -0.570. The van der Waals surface area contributed by atoms with Crippen LogP contribution in [0.1, 0.15) is 32.1 Å². The summed E-state index contributed by atoms with van der Waals surface area (Å²) in [5, 5.41) is 8.57. The number of carboxylic acid groups (broad SMARTS) is 1. The van der Waals surface area contributed by atoms with Crippen LogP contribution in [0.25, 0.3) is 0 Å². The van der Waals surface area contributed by atoms with Gasteiger partial charge in [0, 0.05) is 6.04 Å². The Balaban J connectivity index is 2.29. The summed E-state index contributed by atoms with van der Waals surface area (Å²) in [5.41, 5.74) is 0. The standard InChI is InChI=1S/C9H17NO2/c1-10(7-9(11)12)8-5-3-2-4-6-8/h8H,2-7H2,1H3,(H,11,12). The maximum atomic E-state index is 10.4. The summed E-state index contributed by atoms with van der Waals surface area (Å²) in [6, 6.07) is 0.509. The second kappa shape index (κ2) is 4.45. The van der Waals surface area contributed by atoms with Gasteiger partial charge in [0.25, 0.3) is 0 Å². The summed E-state index contributed by atoms with van der Waals surface area (Å²) in [7, 11) is 1.91. The molecule has 0 spiro atoms. The van der Waals surface area contributed by atoms with E-state index in [1.165, 1.54) is 32.1 Å². The van der Waals surface area contributed by atoms with Crippen molar-refractivity contribution < 1.29 is 9.90 Å². The van der Waals surface area contributed by atoms with Crippen LogP contribution in [0.3, 0.4) is 0 Å². The van der Waals surface area contributed by atoms with Gasteiger partial charge in [-0.25, -0.2) is 0 Å². The number of carbonyl (C=O) groups is 1. The fraction of sp³-hybridized carbons (Fsp3) is 0.889. The number of aliphatic carboxylic acids is 1. The first-order chi connectivity index (χ1) is 5.70. The molecule has 0 aliphatic heterocycles. The van der Waals surface area contributed by atoms with Crippen molar-refractivity contribution >= 4 is 5.97 Å². The van der Waals surface area contributed by atoms with E-state index < -0.39 is 5.97 Å². The van der Waals surface area contributed by atoms with Crippen LogP contribution in [0.5, 0.6) is 0 Å². The minimum atomic E-state index is -0.719. The third-order valence-electron chi connectivity index (χ3n) is 2.58. The molecule has 1 aliphatic rings. The van der Waals surface area contributed by atoms with E-state index in [0.717, 1.165) is 0 Å². The van der Waals surface area contributed by atoms with Crippen molar-refractivity contribution in [1.29, 1.82) is 0 Å². The zero-order chi connectivity index (χ0) is 8.97. The molecule has 12 heavy (non-hydrogen) atoms. The molecule has 0 heterocycles. The quantitative estimate of drug-likeness (QED) is 0.696. The molecule has 1 saturated carbocycles.